The van der Waals surface area contributed by atoms with Crippen molar-refractivity contribution in [2.75, 3.05) is 17.5 Å². The van der Waals surface area contributed by atoms with Crippen molar-refractivity contribution < 1.29 is 17.9 Å². The molecule has 4 rings (SSSR count). The summed E-state index contributed by atoms with van der Waals surface area (Å²) < 4.78 is 35.7. The highest BCUT2D eigenvalue weighted by atomic mass is 35.5. The van der Waals surface area contributed by atoms with E-state index in [1.807, 2.05) is 57.2 Å². The van der Waals surface area contributed by atoms with Gasteiger partial charge in [-0.25, -0.2) is 13.8 Å². The summed E-state index contributed by atoms with van der Waals surface area (Å²) in [6, 6.07) is 24.2. The number of aryl methyl sites for hydroxylation is 1. The van der Waals surface area contributed by atoms with Gasteiger partial charge in [0.2, 0.25) is 0 Å². The maximum Gasteiger partial charge on any atom is 0.264 e. The van der Waals surface area contributed by atoms with Crippen LogP contribution in [0.3, 0.4) is 0 Å². The minimum atomic E-state index is -4.09. The number of ether oxygens (including phenoxy) is 1. The summed E-state index contributed by atoms with van der Waals surface area (Å²) in [5, 5.41) is 4.51. The number of carbonyl (C=O) groups is 1. The zero-order valence-corrected chi connectivity index (χ0v) is 23.4. The summed E-state index contributed by atoms with van der Waals surface area (Å²) in [6.45, 7) is 5.80. The van der Waals surface area contributed by atoms with Gasteiger partial charge >= 0.3 is 0 Å². The largest absolute Gasteiger partial charge is 0.494 e. The Labute approximate surface area is 233 Å². The molecule has 0 aliphatic rings. The van der Waals surface area contributed by atoms with Gasteiger partial charge in [0.15, 0.2) is 0 Å². The quantitative estimate of drug-likeness (QED) is 0.203. The van der Waals surface area contributed by atoms with Gasteiger partial charge in [-0.2, -0.15) is 5.10 Å². The number of halogens is 1. The van der Waals surface area contributed by atoms with Crippen molar-refractivity contribution in [3.05, 3.63) is 107 Å². The predicted molar refractivity (Wildman–Crippen MR) is 155 cm³/mol. The van der Waals surface area contributed by atoms with Gasteiger partial charge in [-0.3, -0.25) is 9.10 Å². The van der Waals surface area contributed by atoms with E-state index in [0.717, 1.165) is 26.9 Å². The summed E-state index contributed by atoms with van der Waals surface area (Å²) >= 11 is 5.95. The molecule has 0 aliphatic heterocycles. The van der Waals surface area contributed by atoms with Crippen LogP contribution in [0.4, 0.5) is 5.69 Å². The molecule has 8 nitrogen and oxygen atoms in total. The molecule has 10 heteroatoms. The SMILES string of the molecule is CCOc1ccc(N(CC(=O)N/N=C\c2cc(C)n(-c3ccccc3)c2C)S(=O)(=O)c2ccc(Cl)cc2)cc1. The number of nitrogens with one attached hydrogen (secondary N) is 1. The molecule has 0 aliphatic carbocycles. The second-order valence-corrected chi connectivity index (χ2v) is 11.0. The molecule has 0 bridgehead atoms. The molecule has 0 unspecified atom stereocenters. The van der Waals surface area contributed by atoms with Crippen LogP contribution >= 0.6 is 11.6 Å². The number of rotatable bonds is 10. The second kappa shape index (κ2) is 12.2. The molecular weight excluding hydrogens is 536 g/mol. The number of para-hydroxylation sites is 1. The van der Waals surface area contributed by atoms with E-state index in [2.05, 4.69) is 15.1 Å². The van der Waals surface area contributed by atoms with Gasteiger partial charge < -0.3 is 9.30 Å². The normalized spacial score (nSPS) is 11.5. The lowest BCUT2D eigenvalue weighted by Gasteiger charge is -2.24. The highest BCUT2D eigenvalue weighted by Crippen LogP contribution is 2.26. The maximum absolute atomic E-state index is 13.5. The van der Waals surface area contributed by atoms with E-state index in [1.54, 1.807) is 30.5 Å². The molecule has 39 heavy (non-hydrogen) atoms. The maximum atomic E-state index is 13.5. The first kappa shape index (κ1) is 27.9. The van der Waals surface area contributed by atoms with Crippen LogP contribution in [0.25, 0.3) is 5.69 Å². The zero-order chi connectivity index (χ0) is 28.0. The summed E-state index contributed by atoms with van der Waals surface area (Å²) in [5.41, 5.74) is 6.59. The van der Waals surface area contributed by atoms with Gasteiger partial charge in [0.05, 0.1) is 23.4 Å². The number of hydrogen-bond donors (Lipinski definition) is 1. The lowest BCUT2D eigenvalue weighted by Crippen LogP contribution is -2.39. The Balaban J connectivity index is 1.55. The van der Waals surface area contributed by atoms with Crippen LogP contribution in [0, 0.1) is 13.8 Å². The minimum absolute atomic E-state index is 0.00503. The fourth-order valence-corrected chi connectivity index (χ4v) is 5.70. The van der Waals surface area contributed by atoms with E-state index in [1.165, 1.54) is 24.3 Å². The minimum Gasteiger partial charge on any atom is -0.494 e. The van der Waals surface area contributed by atoms with Crippen LogP contribution in [0.1, 0.15) is 23.9 Å². The summed E-state index contributed by atoms with van der Waals surface area (Å²) in [4.78, 5) is 12.9. The van der Waals surface area contributed by atoms with Gasteiger partial charge in [0, 0.05) is 27.7 Å². The number of hydrazone groups is 1. The predicted octanol–water partition coefficient (Wildman–Crippen LogP) is 5.49. The van der Waals surface area contributed by atoms with Crippen molar-refractivity contribution in [3.63, 3.8) is 0 Å². The first-order chi connectivity index (χ1) is 18.7. The highest BCUT2D eigenvalue weighted by Gasteiger charge is 2.27. The van der Waals surface area contributed by atoms with Crippen LogP contribution in [-0.2, 0) is 14.8 Å². The summed E-state index contributed by atoms with van der Waals surface area (Å²) in [6.07, 6.45) is 1.55. The molecule has 1 heterocycles. The number of nitrogens with zero attached hydrogens (tertiary/aromatic N) is 3. The Morgan fingerprint density at radius 1 is 1.03 bits per heavy atom. The van der Waals surface area contributed by atoms with E-state index < -0.39 is 22.5 Å². The molecule has 0 fully saturated rings. The molecular formula is C29H29ClN4O4S. The van der Waals surface area contributed by atoms with E-state index in [-0.39, 0.29) is 4.90 Å². The first-order valence-electron chi connectivity index (χ1n) is 12.3. The van der Waals surface area contributed by atoms with Crippen LogP contribution in [0.5, 0.6) is 5.75 Å². The second-order valence-electron chi connectivity index (χ2n) is 8.68. The van der Waals surface area contributed by atoms with Gasteiger partial charge in [0.25, 0.3) is 15.9 Å². The number of aromatic nitrogens is 1. The number of amides is 1. The van der Waals surface area contributed by atoms with E-state index in [9.17, 15) is 13.2 Å². The van der Waals surface area contributed by atoms with Crippen molar-refractivity contribution in [3.8, 4) is 11.4 Å². The molecule has 1 amide bonds. The van der Waals surface area contributed by atoms with Gasteiger partial charge in [0.1, 0.15) is 12.3 Å². The van der Waals surface area contributed by atoms with Crippen LogP contribution < -0.4 is 14.5 Å². The molecule has 0 radical (unpaired) electrons. The highest BCUT2D eigenvalue weighted by molar-refractivity contribution is 7.92. The molecule has 1 N–H and O–H groups in total. The average Bonchev–Trinajstić information content (AvgIpc) is 3.21. The Morgan fingerprint density at radius 3 is 2.33 bits per heavy atom. The Morgan fingerprint density at radius 2 is 1.69 bits per heavy atom. The topological polar surface area (TPSA) is 93.0 Å². The monoisotopic (exact) mass is 564 g/mol. The molecule has 0 atom stereocenters. The number of benzene rings is 3. The van der Waals surface area contributed by atoms with Crippen LogP contribution in [-0.4, -0.2) is 38.3 Å². The number of sulfonamides is 1. The molecule has 0 spiro atoms. The fourth-order valence-electron chi connectivity index (χ4n) is 4.16. The Kier molecular flexibility index (Phi) is 8.73. The molecule has 0 saturated carbocycles. The van der Waals surface area contributed by atoms with Crippen molar-refractivity contribution in [2.24, 2.45) is 5.10 Å². The van der Waals surface area contributed by atoms with E-state index >= 15 is 0 Å². The smallest absolute Gasteiger partial charge is 0.264 e. The lowest BCUT2D eigenvalue weighted by atomic mass is 10.2. The van der Waals surface area contributed by atoms with Crippen molar-refractivity contribution in [1.82, 2.24) is 9.99 Å². The standard InChI is InChI=1S/C29H29ClN4O4S/c1-4-38-27-14-12-25(13-15-27)33(39(36,37)28-16-10-24(30)11-17-28)20-29(35)32-31-19-23-18-21(2)34(22(23)3)26-8-6-5-7-9-26/h5-19H,4,20H2,1-3H3,(H,32,35)/b31-19-. The Hall–Kier alpha value is -4.08. The van der Waals surface area contributed by atoms with Crippen molar-refractivity contribution in [2.45, 2.75) is 25.7 Å². The summed E-state index contributed by atoms with van der Waals surface area (Å²) in [7, 11) is -4.09. The Bertz CT molecular complexity index is 1570. The van der Waals surface area contributed by atoms with Crippen LogP contribution in [0.15, 0.2) is 94.9 Å². The van der Waals surface area contributed by atoms with Gasteiger partial charge in [-0.05, 0) is 87.5 Å². The molecule has 4 aromatic rings. The number of carbonyl (C=O) groups excluding carboxylic acids is 1. The molecule has 1 aromatic heterocycles. The van der Waals surface area contributed by atoms with Gasteiger partial charge in [-0.15, -0.1) is 0 Å². The number of hydrogen-bond acceptors (Lipinski definition) is 5. The van der Waals surface area contributed by atoms with E-state index in [4.69, 9.17) is 16.3 Å². The van der Waals surface area contributed by atoms with Crippen molar-refractivity contribution >= 4 is 39.4 Å². The third kappa shape index (κ3) is 6.50. The molecule has 3 aromatic carbocycles. The van der Waals surface area contributed by atoms with E-state index in [0.29, 0.717) is 23.1 Å². The van der Waals surface area contributed by atoms with Crippen LogP contribution in [0.2, 0.25) is 5.02 Å². The number of anilines is 1. The van der Waals surface area contributed by atoms with Gasteiger partial charge in [-0.1, -0.05) is 29.8 Å². The third-order valence-electron chi connectivity index (χ3n) is 6.00. The zero-order valence-electron chi connectivity index (χ0n) is 21.8. The first-order valence-corrected chi connectivity index (χ1v) is 14.1. The average molecular weight is 565 g/mol. The molecule has 202 valence electrons. The summed E-state index contributed by atoms with van der Waals surface area (Å²) in [5.74, 6) is -0.0122. The lowest BCUT2D eigenvalue weighted by molar-refractivity contribution is -0.119. The molecule has 0 saturated heterocycles. The third-order valence-corrected chi connectivity index (χ3v) is 8.04. The fraction of sp³-hybridized carbons (Fsp3) is 0.172. The van der Waals surface area contributed by atoms with Crippen molar-refractivity contribution in [1.29, 1.82) is 0 Å².